The molecule has 1 aromatic carbocycles. The van der Waals surface area contributed by atoms with E-state index in [1.807, 2.05) is 23.7 Å². The molecule has 5 nitrogen and oxygen atoms in total. The second kappa shape index (κ2) is 8.17. The lowest BCUT2D eigenvalue weighted by Gasteiger charge is -2.36. The summed E-state index contributed by atoms with van der Waals surface area (Å²) in [7, 11) is 1.74. The van der Waals surface area contributed by atoms with Gasteiger partial charge in [-0.2, -0.15) is 0 Å². The Hall–Kier alpha value is -1.79. The molecule has 0 saturated carbocycles. The minimum Gasteiger partial charge on any atom is -0.495 e. The number of ether oxygens (including phenoxy) is 1. The lowest BCUT2D eigenvalue weighted by Crippen LogP contribution is -2.46. The Morgan fingerprint density at radius 3 is 2.78 bits per heavy atom. The van der Waals surface area contributed by atoms with Crippen molar-refractivity contribution in [1.82, 2.24) is 9.88 Å². The maximum Gasteiger partial charge on any atom is 0.182 e. The first-order chi connectivity index (χ1) is 11.4. The first kappa shape index (κ1) is 16.1. The van der Waals surface area contributed by atoms with Gasteiger partial charge in [-0.3, -0.25) is 4.90 Å². The van der Waals surface area contributed by atoms with Gasteiger partial charge >= 0.3 is 0 Å². The zero-order chi connectivity index (χ0) is 15.9. The maximum absolute atomic E-state index is 5.47. The Morgan fingerprint density at radius 2 is 2.04 bits per heavy atom. The zero-order valence-electron chi connectivity index (χ0n) is 13.6. The van der Waals surface area contributed by atoms with Crippen molar-refractivity contribution in [3.05, 3.63) is 35.8 Å². The van der Waals surface area contributed by atoms with Crippen LogP contribution in [-0.2, 0) is 0 Å². The molecule has 1 aliphatic heterocycles. The van der Waals surface area contributed by atoms with Crippen LogP contribution in [0.3, 0.4) is 0 Å². The van der Waals surface area contributed by atoms with Crippen LogP contribution in [0.1, 0.15) is 6.42 Å². The van der Waals surface area contributed by atoms with Crippen molar-refractivity contribution in [2.45, 2.75) is 6.42 Å². The molecule has 1 fully saturated rings. The highest BCUT2D eigenvalue weighted by atomic mass is 32.1. The Morgan fingerprint density at radius 1 is 1.22 bits per heavy atom. The van der Waals surface area contributed by atoms with E-state index in [0.717, 1.165) is 56.6 Å². The summed E-state index contributed by atoms with van der Waals surface area (Å²) in [6.07, 6.45) is 2.98. The molecular formula is C17H24N4OS. The van der Waals surface area contributed by atoms with Crippen molar-refractivity contribution in [1.29, 1.82) is 0 Å². The molecule has 0 bridgehead atoms. The smallest absolute Gasteiger partial charge is 0.182 e. The van der Waals surface area contributed by atoms with Crippen LogP contribution in [0.25, 0.3) is 0 Å². The first-order valence-corrected chi connectivity index (χ1v) is 8.98. The lowest BCUT2D eigenvalue weighted by molar-refractivity contribution is 0.256. The number of anilines is 2. The van der Waals surface area contributed by atoms with E-state index in [-0.39, 0.29) is 0 Å². The van der Waals surface area contributed by atoms with Crippen molar-refractivity contribution < 1.29 is 4.74 Å². The van der Waals surface area contributed by atoms with E-state index in [4.69, 9.17) is 4.74 Å². The van der Waals surface area contributed by atoms with Gasteiger partial charge in [0.1, 0.15) is 5.75 Å². The number of rotatable bonds is 7. The second-order valence-corrected chi connectivity index (χ2v) is 6.51. The maximum atomic E-state index is 5.47. The number of piperazine rings is 1. The molecule has 124 valence electrons. The summed E-state index contributed by atoms with van der Waals surface area (Å²) in [4.78, 5) is 9.19. The molecule has 0 amide bonds. The van der Waals surface area contributed by atoms with E-state index in [0.29, 0.717) is 0 Å². The normalized spacial score (nSPS) is 15.6. The SMILES string of the molecule is COc1ccccc1N1CCN(CCCNc2nccs2)CC1. The van der Waals surface area contributed by atoms with Gasteiger partial charge in [-0.25, -0.2) is 4.98 Å². The summed E-state index contributed by atoms with van der Waals surface area (Å²) in [5.74, 6) is 0.966. The second-order valence-electron chi connectivity index (χ2n) is 5.62. The van der Waals surface area contributed by atoms with Crippen LogP contribution in [0, 0.1) is 0 Å². The van der Waals surface area contributed by atoms with Crippen molar-refractivity contribution in [2.75, 3.05) is 56.6 Å². The van der Waals surface area contributed by atoms with Crippen LogP contribution in [0.5, 0.6) is 5.75 Å². The third kappa shape index (κ3) is 4.36. The monoisotopic (exact) mass is 332 g/mol. The van der Waals surface area contributed by atoms with Crippen LogP contribution in [0.4, 0.5) is 10.8 Å². The first-order valence-electron chi connectivity index (χ1n) is 8.10. The third-order valence-electron chi connectivity index (χ3n) is 4.16. The summed E-state index contributed by atoms with van der Waals surface area (Å²) in [6.45, 7) is 6.45. The van der Waals surface area contributed by atoms with Gasteiger partial charge in [-0.15, -0.1) is 11.3 Å². The summed E-state index contributed by atoms with van der Waals surface area (Å²) >= 11 is 1.66. The predicted molar refractivity (Wildman–Crippen MR) is 96.9 cm³/mol. The topological polar surface area (TPSA) is 40.6 Å². The quantitative estimate of drug-likeness (QED) is 0.790. The number of aromatic nitrogens is 1. The minimum absolute atomic E-state index is 0.966. The van der Waals surface area contributed by atoms with Gasteiger partial charge < -0.3 is 15.0 Å². The Balaban J connectivity index is 1.40. The Bertz CT molecular complexity index is 582. The molecule has 1 saturated heterocycles. The highest BCUT2D eigenvalue weighted by Crippen LogP contribution is 2.28. The zero-order valence-corrected chi connectivity index (χ0v) is 14.4. The van der Waals surface area contributed by atoms with Gasteiger partial charge in [-0.05, 0) is 25.1 Å². The lowest BCUT2D eigenvalue weighted by atomic mass is 10.2. The molecule has 0 radical (unpaired) electrons. The summed E-state index contributed by atoms with van der Waals surface area (Å²) < 4.78 is 5.47. The van der Waals surface area contributed by atoms with Gasteiger partial charge in [0.25, 0.3) is 0 Å². The Kier molecular flexibility index (Phi) is 5.71. The van der Waals surface area contributed by atoms with Crippen LogP contribution >= 0.6 is 11.3 Å². The fourth-order valence-electron chi connectivity index (χ4n) is 2.91. The molecule has 2 heterocycles. The molecule has 0 unspecified atom stereocenters. The predicted octanol–water partition coefficient (Wildman–Crippen LogP) is 2.78. The molecule has 1 aliphatic rings. The van der Waals surface area contributed by atoms with E-state index >= 15 is 0 Å². The summed E-state index contributed by atoms with van der Waals surface area (Å²) in [5.41, 5.74) is 1.21. The van der Waals surface area contributed by atoms with Gasteiger partial charge in [0.2, 0.25) is 0 Å². The number of hydrogen-bond acceptors (Lipinski definition) is 6. The van der Waals surface area contributed by atoms with E-state index in [1.54, 1.807) is 18.4 Å². The molecule has 3 rings (SSSR count). The molecule has 6 heteroatoms. The van der Waals surface area contributed by atoms with Crippen LogP contribution in [0.15, 0.2) is 35.8 Å². The molecular weight excluding hydrogens is 308 g/mol. The van der Waals surface area contributed by atoms with Gasteiger partial charge in [0.15, 0.2) is 5.13 Å². The number of nitrogens with one attached hydrogen (secondary N) is 1. The Labute approximate surface area is 141 Å². The average Bonchev–Trinajstić information content (AvgIpc) is 3.13. The highest BCUT2D eigenvalue weighted by Gasteiger charge is 2.18. The number of hydrogen-bond donors (Lipinski definition) is 1. The van der Waals surface area contributed by atoms with Crippen LogP contribution in [0.2, 0.25) is 0 Å². The molecule has 0 atom stereocenters. The number of methoxy groups -OCH3 is 1. The molecule has 0 spiro atoms. The average molecular weight is 332 g/mol. The molecule has 1 aromatic heterocycles. The van der Waals surface area contributed by atoms with E-state index in [9.17, 15) is 0 Å². The number of nitrogens with zero attached hydrogens (tertiary/aromatic N) is 3. The fourth-order valence-corrected chi connectivity index (χ4v) is 3.47. The minimum atomic E-state index is 0.966. The van der Waals surface area contributed by atoms with Crippen molar-refractivity contribution >= 4 is 22.2 Å². The summed E-state index contributed by atoms with van der Waals surface area (Å²) in [5, 5.41) is 6.39. The summed E-state index contributed by atoms with van der Waals surface area (Å²) in [6, 6.07) is 8.28. The van der Waals surface area contributed by atoms with Crippen molar-refractivity contribution in [3.63, 3.8) is 0 Å². The molecule has 1 N–H and O–H groups in total. The van der Waals surface area contributed by atoms with Crippen molar-refractivity contribution in [3.8, 4) is 5.75 Å². The molecule has 0 aliphatic carbocycles. The molecule has 2 aromatic rings. The van der Waals surface area contributed by atoms with E-state index < -0.39 is 0 Å². The number of para-hydroxylation sites is 2. The van der Waals surface area contributed by atoms with Gasteiger partial charge in [0, 0.05) is 44.3 Å². The largest absolute Gasteiger partial charge is 0.495 e. The van der Waals surface area contributed by atoms with Crippen molar-refractivity contribution in [2.24, 2.45) is 0 Å². The number of thiazole rings is 1. The van der Waals surface area contributed by atoms with Crippen LogP contribution < -0.4 is 15.0 Å². The molecule has 23 heavy (non-hydrogen) atoms. The number of benzene rings is 1. The van der Waals surface area contributed by atoms with E-state index in [1.165, 1.54) is 5.69 Å². The van der Waals surface area contributed by atoms with Gasteiger partial charge in [0.05, 0.1) is 12.8 Å². The third-order valence-corrected chi connectivity index (χ3v) is 4.89. The van der Waals surface area contributed by atoms with Gasteiger partial charge in [-0.1, -0.05) is 12.1 Å². The van der Waals surface area contributed by atoms with E-state index in [2.05, 4.69) is 32.2 Å². The standard InChI is InChI=1S/C17H24N4OS/c1-22-16-6-3-2-5-15(16)21-12-10-20(11-13-21)9-4-7-18-17-19-8-14-23-17/h2-3,5-6,8,14H,4,7,9-13H2,1H3,(H,18,19). The van der Waals surface area contributed by atoms with Crippen LogP contribution in [-0.4, -0.2) is 56.3 Å². The fraction of sp³-hybridized carbons (Fsp3) is 0.471. The highest BCUT2D eigenvalue weighted by molar-refractivity contribution is 7.13.